The van der Waals surface area contributed by atoms with Gasteiger partial charge in [0.2, 0.25) is 0 Å². The fourth-order valence-corrected chi connectivity index (χ4v) is 2.50. The predicted octanol–water partition coefficient (Wildman–Crippen LogP) is 5.47. The van der Waals surface area contributed by atoms with Crippen LogP contribution in [0.2, 0.25) is 0 Å². The van der Waals surface area contributed by atoms with Crippen LogP contribution in [0.4, 0.5) is 0 Å². The first-order chi connectivity index (χ1) is 11.9. The monoisotopic (exact) mass is 339 g/mol. The molecule has 0 radical (unpaired) electrons. The smallest absolute Gasteiger partial charge is 0.0627 e. The van der Waals surface area contributed by atoms with Crippen molar-refractivity contribution in [3.05, 3.63) is 61.4 Å². The highest BCUT2D eigenvalue weighted by molar-refractivity contribution is 5.72. The van der Waals surface area contributed by atoms with Crippen molar-refractivity contribution in [1.82, 2.24) is 4.90 Å². The highest BCUT2D eigenvalue weighted by Crippen LogP contribution is 2.34. The molecule has 0 spiro atoms. The summed E-state index contributed by atoms with van der Waals surface area (Å²) in [6.07, 6.45) is 9.86. The van der Waals surface area contributed by atoms with Crippen molar-refractivity contribution in [2.24, 2.45) is 10.4 Å². The maximum atomic E-state index is 8.90. The molecule has 0 saturated carbocycles. The van der Waals surface area contributed by atoms with E-state index in [1.54, 1.807) is 12.3 Å². The first-order valence-electron chi connectivity index (χ1n) is 8.88. The van der Waals surface area contributed by atoms with Crippen LogP contribution in [-0.2, 0) is 0 Å². The van der Waals surface area contributed by atoms with E-state index < -0.39 is 0 Å². The van der Waals surface area contributed by atoms with Gasteiger partial charge in [0.15, 0.2) is 0 Å². The molecule has 1 rings (SSSR count). The lowest BCUT2D eigenvalue weighted by Crippen LogP contribution is -2.39. The minimum Gasteiger partial charge on any atom is -0.299 e. The number of hydrogen-bond donors (Lipinski definition) is 0. The van der Waals surface area contributed by atoms with Crippen LogP contribution in [0.1, 0.15) is 40.0 Å². The van der Waals surface area contributed by atoms with Crippen molar-refractivity contribution < 1.29 is 0 Å². The lowest BCUT2D eigenvalue weighted by Gasteiger charge is -2.38. The van der Waals surface area contributed by atoms with Gasteiger partial charge in [-0.15, -0.1) is 0 Å². The van der Waals surface area contributed by atoms with Gasteiger partial charge >= 0.3 is 0 Å². The van der Waals surface area contributed by atoms with Gasteiger partial charge < -0.3 is 0 Å². The minimum absolute atomic E-state index is 0.178. The van der Waals surface area contributed by atoms with Crippen molar-refractivity contribution in [2.45, 2.75) is 40.0 Å². The van der Waals surface area contributed by atoms with E-state index in [0.717, 1.165) is 43.6 Å². The Morgan fingerprint density at radius 2 is 1.80 bits per heavy atom. The first-order valence-corrected chi connectivity index (χ1v) is 8.88. The van der Waals surface area contributed by atoms with Gasteiger partial charge in [0.1, 0.15) is 0 Å². The molecule has 25 heavy (non-hydrogen) atoms. The second-order valence-electron chi connectivity index (χ2n) is 6.40. The van der Waals surface area contributed by atoms with Crippen LogP contribution in [0.3, 0.4) is 0 Å². The molecule has 1 heterocycles. The Hall–Kier alpha value is -2.18. The third-order valence-corrected chi connectivity index (χ3v) is 4.22. The molecule has 0 bridgehead atoms. The number of piperidine rings is 1. The molecule has 0 aromatic heterocycles. The minimum atomic E-state index is 0.178. The van der Waals surface area contributed by atoms with Crippen LogP contribution >= 0.6 is 0 Å². The van der Waals surface area contributed by atoms with Gasteiger partial charge in [-0.25, -0.2) is 0 Å². The summed E-state index contributed by atoms with van der Waals surface area (Å²) in [5.74, 6) is 0. The maximum Gasteiger partial charge on any atom is 0.0627 e. The molecule has 1 fully saturated rings. The number of allylic oxidation sites excluding steroid dienone is 2. The van der Waals surface area contributed by atoms with Crippen LogP contribution in [-0.4, -0.2) is 30.7 Å². The summed E-state index contributed by atoms with van der Waals surface area (Å²) in [4.78, 5) is 6.50. The highest BCUT2D eigenvalue weighted by Gasteiger charge is 2.29. The average Bonchev–Trinajstić information content (AvgIpc) is 2.61. The third kappa shape index (κ3) is 9.02. The molecule has 0 amide bonds. The van der Waals surface area contributed by atoms with Gasteiger partial charge in [0.05, 0.1) is 11.8 Å². The first kappa shape index (κ1) is 22.8. The van der Waals surface area contributed by atoms with Crippen LogP contribution in [0, 0.1) is 16.7 Å². The lowest BCUT2D eigenvalue weighted by molar-refractivity contribution is 0.130. The SMILES string of the molecule is C=CC=NC(=C)C(=C)/C=C\C(=C)CN1CCC(C)(CC#N)CC1.CC. The Balaban J connectivity index is 0.00000277. The molecule has 1 saturated heterocycles. The van der Waals surface area contributed by atoms with E-state index in [1.807, 2.05) is 26.0 Å². The zero-order valence-electron chi connectivity index (χ0n) is 16.2. The van der Waals surface area contributed by atoms with E-state index >= 15 is 0 Å². The second kappa shape index (κ2) is 12.2. The van der Waals surface area contributed by atoms with Gasteiger partial charge in [-0.1, -0.05) is 65.3 Å². The Kier molecular flexibility index (Phi) is 11.2. The molecule has 3 heteroatoms. The zero-order chi connectivity index (χ0) is 19.3. The molecule has 1 aliphatic rings. The average molecular weight is 340 g/mol. The van der Waals surface area contributed by atoms with E-state index in [1.165, 1.54) is 0 Å². The Labute approximate surface area is 154 Å². The molecule has 0 aromatic rings. The predicted molar refractivity (Wildman–Crippen MR) is 111 cm³/mol. The molecule has 1 aliphatic heterocycles. The largest absolute Gasteiger partial charge is 0.299 e. The molecule has 0 unspecified atom stereocenters. The fraction of sp³-hybridized carbons (Fsp3) is 0.455. The van der Waals surface area contributed by atoms with Gasteiger partial charge in [-0.3, -0.25) is 9.89 Å². The fourth-order valence-electron chi connectivity index (χ4n) is 2.50. The summed E-state index contributed by atoms with van der Waals surface area (Å²) in [6.45, 7) is 24.6. The molecular formula is C22H33N3. The Morgan fingerprint density at radius 3 is 2.32 bits per heavy atom. The van der Waals surface area contributed by atoms with Gasteiger partial charge in [0.25, 0.3) is 0 Å². The second-order valence-corrected chi connectivity index (χ2v) is 6.40. The standard InChI is InChI=1S/C20H27N3.C2H6/c1-6-13-22-19(4)18(3)8-7-17(2)16-23-14-10-20(5,9-12-21)11-15-23;1-2/h6-8,13H,1-4,9-11,14-16H2,5H3;1-2H3/b8-7-,22-13?;. The van der Waals surface area contributed by atoms with Crippen molar-refractivity contribution in [3.63, 3.8) is 0 Å². The number of rotatable bonds is 8. The summed E-state index contributed by atoms with van der Waals surface area (Å²) >= 11 is 0. The van der Waals surface area contributed by atoms with Crippen molar-refractivity contribution in [3.8, 4) is 6.07 Å². The summed E-state index contributed by atoms with van der Waals surface area (Å²) in [7, 11) is 0. The van der Waals surface area contributed by atoms with E-state index in [9.17, 15) is 0 Å². The van der Waals surface area contributed by atoms with E-state index in [0.29, 0.717) is 12.1 Å². The highest BCUT2D eigenvalue weighted by atomic mass is 15.1. The normalized spacial score (nSPS) is 16.7. The van der Waals surface area contributed by atoms with E-state index in [2.05, 4.69) is 49.2 Å². The van der Waals surface area contributed by atoms with E-state index in [-0.39, 0.29) is 5.41 Å². The van der Waals surface area contributed by atoms with Crippen LogP contribution < -0.4 is 0 Å². The lowest BCUT2D eigenvalue weighted by atomic mass is 9.78. The maximum absolute atomic E-state index is 8.90. The Morgan fingerprint density at radius 1 is 1.20 bits per heavy atom. The molecule has 0 aromatic carbocycles. The topological polar surface area (TPSA) is 39.4 Å². The summed E-state index contributed by atoms with van der Waals surface area (Å²) in [5, 5.41) is 8.90. The van der Waals surface area contributed by atoms with Crippen LogP contribution in [0.5, 0.6) is 0 Å². The Bertz CT molecular complexity index is 565. The number of nitrogens with zero attached hydrogens (tertiary/aromatic N) is 3. The summed E-state index contributed by atoms with van der Waals surface area (Å²) in [6, 6.07) is 2.31. The van der Waals surface area contributed by atoms with Crippen molar-refractivity contribution >= 4 is 6.21 Å². The van der Waals surface area contributed by atoms with Crippen molar-refractivity contribution in [1.29, 1.82) is 5.26 Å². The number of likely N-dealkylation sites (tertiary alicyclic amines) is 1. The number of nitriles is 1. The molecular weight excluding hydrogens is 306 g/mol. The third-order valence-electron chi connectivity index (χ3n) is 4.22. The molecule has 0 atom stereocenters. The van der Waals surface area contributed by atoms with Crippen LogP contribution in [0.25, 0.3) is 0 Å². The van der Waals surface area contributed by atoms with Gasteiger partial charge in [-0.05, 0) is 42.5 Å². The summed E-state index contributed by atoms with van der Waals surface area (Å²) < 4.78 is 0. The number of aliphatic imine (C=N–C) groups is 1. The molecule has 0 N–H and O–H groups in total. The molecule has 136 valence electrons. The quantitative estimate of drug-likeness (QED) is 0.434. The number of hydrogen-bond acceptors (Lipinski definition) is 3. The van der Waals surface area contributed by atoms with Crippen LogP contribution in [0.15, 0.2) is 66.4 Å². The van der Waals surface area contributed by atoms with Crippen molar-refractivity contribution in [2.75, 3.05) is 19.6 Å². The summed E-state index contributed by atoms with van der Waals surface area (Å²) in [5.41, 5.74) is 2.61. The zero-order valence-corrected chi connectivity index (χ0v) is 16.2. The molecule has 3 nitrogen and oxygen atoms in total. The van der Waals surface area contributed by atoms with Gasteiger partial charge in [-0.2, -0.15) is 5.26 Å². The van der Waals surface area contributed by atoms with Gasteiger partial charge in [0, 0.05) is 19.2 Å². The molecule has 0 aliphatic carbocycles. The van der Waals surface area contributed by atoms with E-state index in [4.69, 9.17) is 5.26 Å².